The van der Waals surface area contributed by atoms with Gasteiger partial charge in [0.25, 0.3) is 0 Å². The zero-order valence-electron chi connectivity index (χ0n) is 14.4. The molecule has 1 aromatic carbocycles. The van der Waals surface area contributed by atoms with Crippen LogP contribution >= 0.6 is 0 Å². The number of hydrogen-bond donors (Lipinski definition) is 1. The second kappa shape index (κ2) is 8.48. The Morgan fingerprint density at radius 3 is 2.71 bits per heavy atom. The fourth-order valence-electron chi connectivity index (χ4n) is 2.94. The van der Waals surface area contributed by atoms with Gasteiger partial charge in [-0.3, -0.25) is 4.79 Å². The largest absolute Gasteiger partial charge is 0.375 e. The quantitative estimate of drug-likeness (QED) is 0.750. The van der Waals surface area contributed by atoms with Gasteiger partial charge in [-0.15, -0.1) is 0 Å². The van der Waals surface area contributed by atoms with Crippen molar-refractivity contribution in [3.63, 3.8) is 0 Å². The lowest BCUT2D eigenvalue weighted by molar-refractivity contribution is -0.126. The topological polar surface area (TPSA) is 69.7 Å². The first kappa shape index (κ1) is 18.7. The first-order valence-corrected chi connectivity index (χ1v) is 10.2. The number of sulfonamides is 1. The molecule has 1 amide bonds. The van der Waals surface area contributed by atoms with Crippen molar-refractivity contribution >= 4 is 21.6 Å². The minimum Gasteiger partial charge on any atom is -0.375 e. The van der Waals surface area contributed by atoms with Crippen LogP contribution in [0.1, 0.15) is 19.3 Å². The fourth-order valence-corrected chi connectivity index (χ4v) is 3.85. The van der Waals surface area contributed by atoms with Gasteiger partial charge in [0.2, 0.25) is 15.9 Å². The van der Waals surface area contributed by atoms with E-state index in [1.165, 1.54) is 10.6 Å². The monoisotopic (exact) mass is 353 g/mol. The summed E-state index contributed by atoms with van der Waals surface area (Å²) in [5, 5.41) is 2.94. The Morgan fingerprint density at radius 2 is 2.04 bits per heavy atom. The van der Waals surface area contributed by atoms with E-state index in [9.17, 15) is 13.2 Å². The molecule has 0 saturated carbocycles. The highest BCUT2D eigenvalue weighted by Crippen LogP contribution is 2.18. The van der Waals surface area contributed by atoms with E-state index in [1.807, 2.05) is 25.2 Å². The van der Waals surface area contributed by atoms with E-state index in [2.05, 4.69) is 22.3 Å². The molecular formula is C17H27N3O3S. The van der Waals surface area contributed by atoms with Gasteiger partial charge in [0.05, 0.1) is 12.2 Å². The van der Waals surface area contributed by atoms with Crippen molar-refractivity contribution in [3.8, 4) is 0 Å². The Labute approximate surface area is 144 Å². The Balaban J connectivity index is 1.71. The first-order chi connectivity index (χ1) is 11.4. The van der Waals surface area contributed by atoms with Gasteiger partial charge >= 0.3 is 0 Å². The van der Waals surface area contributed by atoms with Crippen molar-refractivity contribution in [2.75, 3.05) is 44.4 Å². The fraction of sp³-hybridized carbons (Fsp3) is 0.588. The average molecular weight is 353 g/mol. The number of anilines is 1. The molecule has 1 N–H and O–H groups in total. The van der Waals surface area contributed by atoms with Gasteiger partial charge in [-0.2, -0.15) is 0 Å². The van der Waals surface area contributed by atoms with Crippen LogP contribution in [0, 0.1) is 5.92 Å². The summed E-state index contributed by atoms with van der Waals surface area (Å²) in [4.78, 5) is 14.4. The second-order valence-corrected chi connectivity index (χ2v) is 8.34. The molecule has 24 heavy (non-hydrogen) atoms. The van der Waals surface area contributed by atoms with Crippen LogP contribution in [0.5, 0.6) is 0 Å². The number of carbonyl (C=O) groups is 1. The molecule has 0 aromatic heterocycles. The molecule has 1 unspecified atom stereocenters. The normalized spacial score (nSPS) is 19.0. The van der Waals surface area contributed by atoms with E-state index in [4.69, 9.17) is 0 Å². The van der Waals surface area contributed by atoms with E-state index in [0.29, 0.717) is 19.6 Å². The summed E-state index contributed by atoms with van der Waals surface area (Å²) in [7, 11) is -1.18. The predicted molar refractivity (Wildman–Crippen MR) is 96.5 cm³/mol. The van der Waals surface area contributed by atoms with Crippen molar-refractivity contribution < 1.29 is 13.2 Å². The summed E-state index contributed by atoms with van der Waals surface area (Å²) in [6.07, 6.45) is 3.54. The average Bonchev–Trinajstić information content (AvgIpc) is 2.58. The summed E-state index contributed by atoms with van der Waals surface area (Å²) in [5.41, 5.74) is 1.15. The van der Waals surface area contributed by atoms with Crippen LogP contribution in [0.15, 0.2) is 30.3 Å². The number of para-hydroxylation sites is 1. The summed E-state index contributed by atoms with van der Waals surface area (Å²) in [6, 6.07) is 10.1. The predicted octanol–water partition coefficient (Wildman–Crippen LogP) is 1.30. The number of rotatable bonds is 7. The van der Waals surface area contributed by atoms with E-state index < -0.39 is 10.0 Å². The van der Waals surface area contributed by atoms with E-state index >= 15 is 0 Å². The zero-order valence-corrected chi connectivity index (χ0v) is 15.3. The maximum absolute atomic E-state index is 12.2. The number of benzene rings is 1. The van der Waals surface area contributed by atoms with Gasteiger partial charge in [0.15, 0.2) is 0 Å². The van der Waals surface area contributed by atoms with Crippen LogP contribution in [0.3, 0.4) is 0 Å². The number of nitrogens with zero attached hydrogens (tertiary/aromatic N) is 2. The van der Waals surface area contributed by atoms with Gasteiger partial charge in [-0.05, 0) is 31.4 Å². The summed E-state index contributed by atoms with van der Waals surface area (Å²) in [6.45, 7) is 2.27. The summed E-state index contributed by atoms with van der Waals surface area (Å²) < 4.78 is 24.6. The number of carbonyl (C=O) groups excluding carboxylic acids is 1. The van der Waals surface area contributed by atoms with Crippen molar-refractivity contribution in [3.05, 3.63) is 30.3 Å². The minimum atomic E-state index is -3.21. The lowest BCUT2D eigenvalue weighted by Crippen LogP contribution is -2.45. The highest BCUT2D eigenvalue weighted by Gasteiger charge is 2.29. The molecule has 0 spiro atoms. The molecule has 1 aromatic rings. The molecular weight excluding hydrogens is 326 g/mol. The Hall–Kier alpha value is -1.60. The molecule has 1 aliphatic heterocycles. The van der Waals surface area contributed by atoms with Gasteiger partial charge in [-0.1, -0.05) is 18.2 Å². The third-order valence-corrected chi connectivity index (χ3v) is 5.66. The van der Waals surface area contributed by atoms with Crippen molar-refractivity contribution in [2.45, 2.75) is 19.3 Å². The van der Waals surface area contributed by atoms with Gasteiger partial charge in [0, 0.05) is 38.9 Å². The molecule has 134 valence electrons. The second-order valence-electron chi connectivity index (χ2n) is 6.36. The zero-order chi connectivity index (χ0) is 17.6. The highest BCUT2D eigenvalue weighted by atomic mass is 32.2. The summed E-state index contributed by atoms with van der Waals surface area (Å²) >= 11 is 0. The van der Waals surface area contributed by atoms with Crippen molar-refractivity contribution in [1.82, 2.24) is 9.62 Å². The molecule has 1 heterocycles. The Bertz CT molecular complexity index is 634. The first-order valence-electron chi connectivity index (χ1n) is 8.37. The number of nitrogens with one attached hydrogen (secondary N) is 1. The van der Waals surface area contributed by atoms with E-state index in [1.54, 1.807) is 0 Å². The standard InChI is InChI=1S/C17H27N3O3S/c1-19(16-9-4-3-5-10-16)12-7-11-18-17(21)15-8-6-13-20(14-15)24(2,22)23/h3-5,9-10,15H,6-8,11-14H2,1-2H3,(H,18,21). The van der Waals surface area contributed by atoms with Crippen LogP contribution in [0.4, 0.5) is 5.69 Å². The van der Waals surface area contributed by atoms with Crippen LogP contribution in [0.2, 0.25) is 0 Å². The maximum atomic E-state index is 12.2. The Morgan fingerprint density at radius 1 is 1.33 bits per heavy atom. The number of piperidine rings is 1. The number of amides is 1. The smallest absolute Gasteiger partial charge is 0.224 e. The molecule has 2 rings (SSSR count). The molecule has 0 aliphatic carbocycles. The van der Waals surface area contributed by atoms with Crippen molar-refractivity contribution in [1.29, 1.82) is 0 Å². The molecule has 6 nitrogen and oxygen atoms in total. The van der Waals surface area contributed by atoms with E-state index in [-0.39, 0.29) is 11.8 Å². The third kappa shape index (κ3) is 5.49. The molecule has 0 radical (unpaired) electrons. The molecule has 1 saturated heterocycles. The van der Waals surface area contributed by atoms with Crippen LogP contribution in [-0.2, 0) is 14.8 Å². The molecule has 1 fully saturated rings. The lowest BCUT2D eigenvalue weighted by Gasteiger charge is -2.30. The minimum absolute atomic E-state index is 0.0364. The van der Waals surface area contributed by atoms with Crippen LogP contribution < -0.4 is 10.2 Å². The SMILES string of the molecule is CN(CCCNC(=O)C1CCCN(S(C)(=O)=O)C1)c1ccccc1. The van der Waals surface area contributed by atoms with E-state index in [0.717, 1.165) is 31.5 Å². The summed E-state index contributed by atoms with van der Waals surface area (Å²) in [5.74, 6) is -0.272. The van der Waals surface area contributed by atoms with Crippen molar-refractivity contribution in [2.24, 2.45) is 5.92 Å². The van der Waals surface area contributed by atoms with Crippen LogP contribution in [-0.4, -0.2) is 58.1 Å². The third-order valence-electron chi connectivity index (χ3n) is 4.39. The molecule has 1 aliphatic rings. The molecule has 0 bridgehead atoms. The van der Waals surface area contributed by atoms with Gasteiger partial charge in [-0.25, -0.2) is 12.7 Å². The number of hydrogen-bond acceptors (Lipinski definition) is 4. The lowest BCUT2D eigenvalue weighted by atomic mass is 9.99. The van der Waals surface area contributed by atoms with Gasteiger partial charge < -0.3 is 10.2 Å². The molecule has 1 atom stereocenters. The Kier molecular flexibility index (Phi) is 6.62. The van der Waals surface area contributed by atoms with Crippen LogP contribution in [0.25, 0.3) is 0 Å². The molecule has 7 heteroatoms. The maximum Gasteiger partial charge on any atom is 0.224 e. The van der Waals surface area contributed by atoms with Gasteiger partial charge in [0.1, 0.15) is 0 Å². The highest BCUT2D eigenvalue weighted by molar-refractivity contribution is 7.88.